The van der Waals surface area contributed by atoms with Crippen LogP contribution in [-0.4, -0.2) is 17.2 Å². The smallest absolute Gasteiger partial charge is 0.176 e. The Morgan fingerprint density at radius 3 is 2.71 bits per heavy atom. The van der Waals surface area contributed by atoms with E-state index in [4.69, 9.17) is 0 Å². The highest BCUT2D eigenvalue weighted by Gasteiger charge is 2.20. The number of rotatable bonds is 3. The number of allylic oxidation sites excluding steroid dienone is 4. The molecule has 0 radical (unpaired) electrons. The number of hydrogen-bond acceptors (Lipinski definition) is 2. The lowest BCUT2D eigenvalue weighted by molar-refractivity contribution is -0.114. The lowest BCUT2D eigenvalue weighted by atomic mass is 10.1. The molecule has 1 aliphatic heterocycles. The Labute approximate surface area is 93.1 Å². The highest BCUT2D eigenvalue weighted by molar-refractivity contribution is 9.12. The number of halogens is 1. The van der Waals surface area contributed by atoms with Crippen LogP contribution in [0.25, 0.3) is 0 Å². The SMILES string of the molecule is C=C1C(Br)=CC=C(C(C)=O)N1CCC. The molecule has 14 heavy (non-hydrogen) atoms. The molecule has 0 bridgehead atoms. The van der Waals surface area contributed by atoms with E-state index in [9.17, 15) is 4.79 Å². The summed E-state index contributed by atoms with van der Waals surface area (Å²) in [6.07, 6.45) is 4.69. The third kappa shape index (κ3) is 2.15. The maximum atomic E-state index is 11.3. The van der Waals surface area contributed by atoms with Gasteiger partial charge in [0.25, 0.3) is 0 Å². The average Bonchev–Trinajstić information content (AvgIpc) is 2.13. The van der Waals surface area contributed by atoms with Crippen molar-refractivity contribution in [3.8, 4) is 0 Å². The molecule has 0 N–H and O–H groups in total. The van der Waals surface area contributed by atoms with E-state index >= 15 is 0 Å². The van der Waals surface area contributed by atoms with Crippen LogP contribution in [0.4, 0.5) is 0 Å². The van der Waals surface area contributed by atoms with Gasteiger partial charge in [0.2, 0.25) is 0 Å². The second kappa shape index (κ2) is 4.60. The Bertz CT molecular complexity index is 328. The molecule has 2 nitrogen and oxygen atoms in total. The van der Waals surface area contributed by atoms with E-state index in [2.05, 4.69) is 29.4 Å². The van der Waals surface area contributed by atoms with Crippen molar-refractivity contribution in [1.29, 1.82) is 0 Å². The quantitative estimate of drug-likeness (QED) is 0.773. The van der Waals surface area contributed by atoms with E-state index in [0.29, 0.717) is 0 Å². The first-order valence-corrected chi connectivity index (χ1v) is 5.42. The van der Waals surface area contributed by atoms with Gasteiger partial charge in [0.05, 0.1) is 5.70 Å². The summed E-state index contributed by atoms with van der Waals surface area (Å²) in [6.45, 7) is 8.43. The Morgan fingerprint density at radius 2 is 2.21 bits per heavy atom. The molecule has 0 fully saturated rings. The Kier molecular flexibility index (Phi) is 3.69. The zero-order chi connectivity index (χ0) is 10.7. The van der Waals surface area contributed by atoms with Crippen LogP contribution >= 0.6 is 15.9 Å². The number of carbonyl (C=O) groups excluding carboxylic acids is 1. The molecule has 0 aromatic carbocycles. The van der Waals surface area contributed by atoms with Gasteiger partial charge in [-0.25, -0.2) is 0 Å². The van der Waals surface area contributed by atoms with Crippen LogP contribution in [0.3, 0.4) is 0 Å². The number of carbonyl (C=O) groups is 1. The molecule has 0 aromatic rings. The van der Waals surface area contributed by atoms with Crippen molar-refractivity contribution in [3.05, 3.63) is 34.6 Å². The molecule has 0 unspecified atom stereocenters. The van der Waals surface area contributed by atoms with Crippen LogP contribution in [0.2, 0.25) is 0 Å². The minimum Gasteiger partial charge on any atom is -0.338 e. The second-order valence-electron chi connectivity index (χ2n) is 3.22. The molecule has 0 saturated heterocycles. The predicted molar refractivity (Wildman–Crippen MR) is 61.9 cm³/mol. The lowest BCUT2D eigenvalue weighted by Crippen LogP contribution is -2.28. The third-order valence-corrected chi connectivity index (χ3v) is 2.81. The summed E-state index contributed by atoms with van der Waals surface area (Å²) >= 11 is 3.40. The normalized spacial score (nSPS) is 16.5. The van der Waals surface area contributed by atoms with Gasteiger partial charge < -0.3 is 4.90 Å². The molecule has 1 aliphatic rings. The monoisotopic (exact) mass is 255 g/mol. The lowest BCUT2D eigenvalue weighted by Gasteiger charge is -2.29. The van der Waals surface area contributed by atoms with Gasteiger partial charge in [-0.05, 0) is 34.5 Å². The van der Waals surface area contributed by atoms with Gasteiger partial charge in [-0.1, -0.05) is 13.5 Å². The molecule has 1 rings (SSSR count). The summed E-state index contributed by atoms with van der Waals surface area (Å²) in [6, 6.07) is 0. The van der Waals surface area contributed by atoms with Crippen LogP contribution in [0.5, 0.6) is 0 Å². The summed E-state index contributed by atoms with van der Waals surface area (Å²) in [5.41, 5.74) is 1.58. The van der Waals surface area contributed by atoms with Crippen LogP contribution in [0, 0.1) is 0 Å². The third-order valence-electron chi connectivity index (χ3n) is 2.09. The van der Waals surface area contributed by atoms with Crippen LogP contribution in [0.15, 0.2) is 34.6 Å². The molecule has 0 aromatic heterocycles. The van der Waals surface area contributed by atoms with Crippen molar-refractivity contribution in [2.75, 3.05) is 6.54 Å². The first-order chi connectivity index (χ1) is 6.57. The van der Waals surface area contributed by atoms with Crippen molar-refractivity contribution in [1.82, 2.24) is 4.90 Å². The zero-order valence-electron chi connectivity index (χ0n) is 8.51. The van der Waals surface area contributed by atoms with Gasteiger partial charge in [-0.15, -0.1) is 0 Å². The summed E-state index contributed by atoms with van der Waals surface area (Å²) < 4.78 is 0.941. The largest absolute Gasteiger partial charge is 0.338 e. The molecule has 3 heteroatoms. The van der Waals surface area contributed by atoms with E-state index in [-0.39, 0.29) is 5.78 Å². The maximum absolute atomic E-state index is 11.3. The summed E-state index contributed by atoms with van der Waals surface area (Å²) in [5.74, 6) is 0.0795. The maximum Gasteiger partial charge on any atom is 0.176 e. The second-order valence-corrected chi connectivity index (χ2v) is 4.08. The number of ketones is 1. The summed E-state index contributed by atoms with van der Waals surface area (Å²) in [5, 5.41) is 0. The Morgan fingerprint density at radius 1 is 1.57 bits per heavy atom. The van der Waals surface area contributed by atoms with Crippen molar-refractivity contribution in [2.45, 2.75) is 20.3 Å². The Balaban J connectivity index is 3.00. The van der Waals surface area contributed by atoms with E-state index in [1.54, 1.807) is 6.92 Å². The fourth-order valence-electron chi connectivity index (χ4n) is 1.40. The molecule has 0 saturated carbocycles. The fourth-order valence-corrected chi connectivity index (χ4v) is 1.75. The van der Waals surface area contributed by atoms with E-state index in [0.717, 1.165) is 28.8 Å². The van der Waals surface area contributed by atoms with Crippen LogP contribution < -0.4 is 0 Å². The van der Waals surface area contributed by atoms with Crippen molar-refractivity contribution in [2.24, 2.45) is 0 Å². The average molecular weight is 256 g/mol. The first-order valence-electron chi connectivity index (χ1n) is 4.63. The fraction of sp³-hybridized carbons (Fsp3) is 0.364. The van der Waals surface area contributed by atoms with Crippen molar-refractivity contribution < 1.29 is 4.79 Å². The number of Topliss-reactive ketones (excluding diaryl/α,β-unsaturated/α-hetero) is 1. The zero-order valence-corrected chi connectivity index (χ0v) is 10.1. The highest BCUT2D eigenvalue weighted by atomic mass is 79.9. The standard InChI is InChI=1S/C11H14BrNO/c1-4-7-13-8(2)10(12)5-6-11(13)9(3)14/h5-6H,2,4,7H2,1,3H3. The van der Waals surface area contributed by atoms with Gasteiger partial charge in [0, 0.05) is 23.6 Å². The van der Waals surface area contributed by atoms with Gasteiger partial charge in [-0.3, -0.25) is 4.79 Å². The van der Waals surface area contributed by atoms with Gasteiger partial charge >= 0.3 is 0 Å². The number of hydrogen-bond donors (Lipinski definition) is 0. The first kappa shape index (κ1) is 11.2. The molecule has 76 valence electrons. The van der Waals surface area contributed by atoms with E-state index in [1.807, 2.05) is 17.1 Å². The van der Waals surface area contributed by atoms with Gasteiger partial charge in [0.15, 0.2) is 5.78 Å². The van der Waals surface area contributed by atoms with Crippen LogP contribution in [-0.2, 0) is 4.79 Å². The highest BCUT2D eigenvalue weighted by Crippen LogP contribution is 2.28. The van der Waals surface area contributed by atoms with Crippen LogP contribution in [0.1, 0.15) is 20.3 Å². The molecule has 0 atom stereocenters. The minimum absolute atomic E-state index is 0.0795. The topological polar surface area (TPSA) is 20.3 Å². The molecule has 0 amide bonds. The van der Waals surface area contributed by atoms with Crippen molar-refractivity contribution in [3.63, 3.8) is 0 Å². The van der Waals surface area contributed by atoms with Crippen molar-refractivity contribution >= 4 is 21.7 Å². The summed E-state index contributed by atoms with van der Waals surface area (Å²) in [4.78, 5) is 13.3. The molecule has 0 aliphatic carbocycles. The van der Waals surface area contributed by atoms with Gasteiger partial charge in [0.1, 0.15) is 0 Å². The molecule has 0 spiro atoms. The molecular formula is C11H14BrNO. The van der Waals surface area contributed by atoms with E-state index < -0.39 is 0 Å². The molecule has 1 heterocycles. The van der Waals surface area contributed by atoms with Gasteiger partial charge in [-0.2, -0.15) is 0 Å². The predicted octanol–water partition coefficient (Wildman–Crippen LogP) is 2.98. The number of nitrogens with zero attached hydrogens (tertiary/aromatic N) is 1. The Hall–Kier alpha value is -0.830. The minimum atomic E-state index is 0.0795. The summed E-state index contributed by atoms with van der Waals surface area (Å²) in [7, 11) is 0. The van der Waals surface area contributed by atoms with E-state index in [1.165, 1.54) is 0 Å². The molecular weight excluding hydrogens is 242 g/mol.